The zero-order valence-corrected chi connectivity index (χ0v) is 13.7. The lowest BCUT2D eigenvalue weighted by Crippen LogP contribution is -2.32. The molecule has 1 atom stereocenters. The molecule has 0 aromatic heterocycles. The molecule has 3 rings (SSSR count). The normalized spacial score (nSPS) is 14.2. The Morgan fingerprint density at radius 3 is 2.58 bits per heavy atom. The van der Waals surface area contributed by atoms with E-state index >= 15 is 0 Å². The van der Waals surface area contributed by atoms with Crippen molar-refractivity contribution in [1.82, 2.24) is 0 Å². The molecule has 0 aliphatic carbocycles. The predicted octanol–water partition coefficient (Wildman–Crippen LogP) is 2.10. The van der Waals surface area contributed by atoms with Crippen molar-refractivity contribution in [2.24, 2.45) is 5.73 Å². The summed E-state index contributed by atoms with van der Waals surface area (Å²) < 4.78 is 0. The summed E-state index contributed by atoms with van der Waals surface area (Å²) in [6, 6.07) is 14.8. The second-order valence-electron chi connectivity index (χ2n) is 6.08. The van der Waals surface area contributed by atoms with Gasteiger partial charge in [-0.2, -0.15) is 0 Å². The second-order valence-corrected chi connectivity index (χ2v) is 6.08. The van der Waals surface area contributed by atoms with Crippen molar-refractivity contribution in [1.29, 1.82) is 0 Å². The molecular weight excluding hydrogens is 302 g/mol. The Balaban J connectivity index is 1.64. The molecule has 3 N–H and O–H groups in total. The molecule has 124 valence electrons. The van der Waals surface area contributed by atoms with Gasteiger partial charge in [0.05, 0.1) is 12.5 Å². The van der Waals surface area contributed by atoms with E-state index in [1.807, 2.05) is 35.2 Å². The van der Waals surface area contributed by atoms with Crippen molar-refractivity contribution >= 4 is 23.2 Å². The largest absolute Gasteiger partial charge is 0.325 e. The van der Waals surface area contributed by atoms with Gasteiger partial charge in [0.25, 0.3) is 0 Å². The summed E-state index contributed by atoms with van der Waals surface area (Å²) in [7, 11) is 0. The summed E-state index contributed by atoms with van der Waals surface area (Å²) in [5.74, 6) is -0.139. The highest BCUT2D eigenvalue weighted by Crippen LogP contribution is 2.28. The number of nitrogens with zero attached hydrogens (tertiary/aromatic N) is 1. The van der Waals surface area contributed by atoms with Gasteiger partial charge in [0.1, 0.15) is 0 Å². The molecule has 0 saturated heterocycles. The number of fused-ring (bicyclic) bond motifs is 1. The van der Waals surface area contributed by atoms with E-state index in [4.69, 9.17) is 5.73 Å². The van der Waals surface area contributed by atoms with E-state index in [2.05, 4.69) is 11.4 Å². The number of carbonyl (C=O) groups excluding carboxylic acids is 2. The van der Waals surface area contributed by atoms with Crippen LogP contribution in [0, 0.1) is 0 Å². The molecule has 2 amide bonds. The van der Waals surface area contributed by atoms with E-state index in [0.717, 1.165) is 24.2 Å². The Morgan fingerprint density at radius 2 is 1.88 bits per heavy atom. The minimum atomic E-state index is -0.554. The number of anilines is 2. The molecule has 24 heavy (non-hydrogen) atoms. The maximum Gasteiger partial charge on any atom is 0.240 e. The van der Waals surface area contributed by atoms with Gasteiger partial charge in [0.15, 0.2) is 0 Å². The SMILES string of the molecule is C[C@H](N)C(=O)Nc1ccc(CC(=O)N2CCc3ccccc32)cc1. The lowest BCUT2D eigenvalue weighted by atomic mass is 10.1. The lowest BCUT2D eigenvalue weighted by Gasteiger charge is -2.17. The quantitative estimate of drug-likeness (QED) is 0.905. The van der Waals surface area contributed by atoms with Crippen LogP contribution in [-0.2, 0) is 22.4 Å². The zero-order chi connectivity index (χ0) is 17.1. The van der Waals surface area contributed by atoms with Gasteiger partial charge in [-0.3, -0.25) is 9.59 Å². The molecule has 5 heteroatoms. The van der Waals surface area contributed by atoms with Crippen molar-refractivity contribution in [2.75, 3.05) is 16.8 Å². The number of hydrogen-bond donors (Lipinski definition) is 2. The van der Waals surface area contributed by atoms with Crippen LogP contribution >= 0.6 is 0 Å². The summed E-state index contributed by atoms with van der Waals surface area (Å²) >= 11 is 0. The maximum absolute atomic E-state index is 12.6. The standard InChI is InChI=1S/C19H21N3O2/c1-13(20)19(24)21-16-8-6-14(7-9-16)12-18(23)22-11-10-15-4-2-3-5-17(15)22/h2-9,13H,10-12,20H2,1H3,(H,21,24)/t13-/m0/s1. The Morgan fingerprint density at radius 1 is 1.17 bits per heavy atom. The van der Waals surface area contributed by atoms with Crippen LogP contribution in [0.4, 0.5) is 11.4 Å². The molecule has 0 bridgehead atoms. The number of rotatable bonds is 4. The highest BCUT2D eigenvalue weighted by molar-refractivity contribution is 5.97. The van der Waals surface area contributed by atoms with Gasteiger partial charge in [0, 0.05) is 17.9 Å². The number of nitrogens with one attached hydrogen (secondary N) is 1. The molecule has 1 heterocycles. The number of para-hydroxylation sites is 1. The Bertz CT molecular complexity index is 753. The van der Waals surface area contributed by atoms with Gasteiger partial charge in [0.2, 0.25) is 11.8 Å². The molecule has 2 aromatic rings. The topological polar surface area (TPSA) is 75.4 Å². The molecule has 2 aromatic carbocycles. The third kappa shape index (κ3) is 3.46. The van der Waals surface area contributed by atoms with Crippen molar-refractivity contribution < 1.29 is 9.59 Å². The molecule has 5 nitrogen and oxygen atoms in total. The number of amides is 2. The maximum atomic E-state index is 12.6. The minimum absolute atomic E-state index is 0.0901. The monoisotopic (exact) mass is 323 g/mol. The number of hydrogen-bond acceptors (Lipinski definition) is 3. The van der Waals surface area contributed by atoms with E-state index < -0.39 is 6.04 Å². The van der Waals surface area contributed by atoms with E-state index in [1.165, 1.54) is 5.56 Å². The summed E-state index contributed by atoms with van der Waals surface area (Å²) in [5, 5.41) is 2.73. The van der Waals surface area contributed by atoms with Crippen LogP contribution in [0.5, 0.6) is 0 Å². The van der Waals surface area contributed by atoms with Crippen LogP contribution in [0.1, 0.15) is 18.1 Å². The van der Waals surface area contributed by atoms with Crippen molar-refractivity contribution in [3.8, 4) is 0 Å². The van der Waals surface area contributed by atoms with Gasteiger partial charge in [-0.05, 0) is 42.7 Å². The fraction of sp³-hybridized carbons (Fsp3) is 0.263. The van der Waals surface area contributed by atoms with Gasteiger partial charge in [-0.25, -0.2) is 0 Å². The van der Waals surface area contributed by atoms with Crippen LogP contribution in [0.15, 0.2) is 48.5 Å². The van der Waals surface area contributed by atoms with E-state index in [9.17, 15) is 9.59 Å². The van der Waals surface area contributed by atoms with E-state index in [-0.39, 0.29) is 11.8 Å². The molecular formula is C19H21N3O2. The van der Waals surface area contributed by atoms with Gasteiger partial charge >= 0.3 is 0 Å². The number of nitrogens with two attached hydrogens (primary N) is 1. The zero-order valence-electron chi connectivity index (χ0n) is 13.7. The smallest absolute Gasteiger partial charge is 0.240 e. The van der Waals surface area contributed by atoms with Crippen LogP contribution in [0.3, 0.4) is 0 Å². The van der Waals surface area contributed by atoms with Gasteiger partial charge in [-0.15, -0.1) is 0 Å². The summed E-state index contributed by atoms with van der Waals surface area (Å²) in [6.45, 7) is 2.37. The lowest BCUT2D eigenvalue weighted by molar-refractivity contribution is -0.118. The Kier molecular flexibility index (Phi) is 4.62. The number of carbonyl (C=O) groups is 2. The highest BCUT2D eigenvalue weighted by atomic mass is 16.2. The summed E-state index contributed by atoms with van der Waals surface area (Å²) in [6.07, 6.45) is 1.25. The highest BCUT2D eigenvalue weighted by Gasteiger charge is 2.23. The molecule has 0 unspecified atom stereocenters. The molecule has 0 fully saturated rings. The fourth-order valence-electron chi connectivity index (χ4n) is 2.83. The van der Waals surface area contributed by atoms with Crippen molar-refractivity contribution in [3.63, 3.8) is 0 Å². The second kappa shape index (κ2) is 6.84. The molecule has 0 spiro atoms. The first-order valence-electron chi connectivity index (χ1n) is 8.08. The summed E-state index contributed by atoms with van der Waals surface area (Å²) in [5.41, 5.74) is 9.37. The third-order valence-electron chi connectivity index (χ3n) is 4.18. The third-order valence-corrected chi connectivity index (χ3v) is 4.18. The molecule has 1 aliphatic rings. The van der Waals surface area contributed by atoms with E-state index in [0.29, 0.717) is 12.1 Å². The fourth-order valence-corrected chi connectivity index (χ4v) is 2.83. The Labute approximate surface area is 141 Å². The summed E-state index contributed by atoms with van der Waals surface area (Å²) in [4.78, 5) is 26.0. The van der Waals surface area contributed by atoms with Crippen molar-refractivity contribution in [3.05, 3.63) is 59.7 Å². The van der Waals surface area contributed by atoms with Gasteiger partial charge < -0.3 is 16.0 Å². The Hall–Kier alpha value is -2.66. The van der Waals surface area contributed by atoms with Crippen LogP contribution in [-0.4, -0.2) is 24.4 Å². The first kappa shape index (κ1) is 16.2. The molecule has 0 radical (unpaired) electrons. The van der Waals surface area contributed by atoms with E-state index in [1.54, 1.807) is 19.1 Å². The average Bonchev–Trinajstić information content (AvgIpc) is 3.00. The van der Waals surface area contributed by atoms with Crippen LogP contribution in [0.2, 0.25) is 0 Å². The first-order valence-corrected chi connectivity index (χ1v) is 8.08. The number of benzene rings is 2. The molecule has 0 saturated carbocycles. The average molecular weight is 323 g/mol. The minimum Gasteiger partial charge on any atom is -0.325 e. The van der Waals surface area contributed by atoms with Crippen LogP contribution in [0.25, 0.3) is 0 Å². The van der Waals surface area contributed by atoms with Crippen LogP contribution < -0.4 is 16.0 Å². The molecule has 1 aliphatic heterocycles. The van der Waals surface area contributed by atoms with Crippen molar-refractivity contribution in [2.45, 2.75) is 25.8 Å². The first-order chi connectivity index (χ1) is 11.5. The predicted molar refractivity (Wildman–Crippen MR) is 94.9 cm³/mol. The van der Waals surface area contributed by atoms with Gasteiger partial charge in [-0.1, -0.05) is 30.3 Å².